The first-order valence-electron chi connectivity index (χ1n) is 7.50. The zero-order chi connectivity index (χ0) is 15.1. The Labute approximate surface area is 127 Å². The number of benzene rings is 1. The minimum atomic E-state index is -0.0200. The lowest BCUT2D eigenvalue weighted by atomic mass is 10.1. The Morgan fingerprint density at radius 2 is 2.05 bits per heavy atom. The average molecular weight is 295 g/mol. The number of fused-ring (bicyclic) bond motifs is 2. The smallest absolute Gasteiger partial charge is 0.277 e. The molecule has 0 saturated heterocycles. The molecule has 112 valence electrons. The maximum Gasteiger partial charge on any atom is 0.277 e. The molecule has 1 aliphatic carbocycles. The van der Waals surface area contributed by atoms with E-state index in [1.54, 1.807) is 0 Å². The highest BCUT2D eigenvalue weighted by molar-refractivity contribution is 5.40. The standard InChI is InChI=1S/C16H17N5O/c1-10-5-7-11(8-6-10)9-17-15-19-16-18-13-4-2-3-12(13)14(22)21(16)20-15/h5-8H,2-4,9H2,1H3,(H2,17,18,19,20). The van der Waals surface area contributed by atoms with Crippen LogP contribution in [0.5, 0.6) is 0 Å². The Bertz CT molecular complexity index is 891. The summed E-state index contributed by atoms with van der Waals surface area (Å²) in [6, 6.07) is 8.30. The van der Waals surface area contributed by atoms with Crippen LogP contribution < -0.4 is 10.9 Å². The second kappa shape index (κ2) is 4.98. The molecule has 2 aromatic heterocycles. The molecular weight excluding hydrogens is 278 g/mol. The van der Waals surface area contributed by atoms with Gasteiger partial charge in [-0.1, -0.05) is 29.8 Å². The van der Waals surface area contributed by atoms with Crippen LogP contribution in [0.15, 0.2) is 29.1 Å². The van der Waals surface area contributed by atoms with Gasteiger partial charge in [-0.2, -0.15) is 9.50 Å². The lowest BCUT2D eigenvalue weighted by molar-refractivity contribution is 0.868. The van der Waals surface area contributed by atoms with E-state index in [-0.39, 0.29) is 5.56 Å². The maximum atomic E-state index is 12.4. The van der Waals surface area contributed by atoms with E-state index in [9.17, 15) is 4.79 Å². The molecule has 0 aliphatic heterocycles. The minimum Gasteiger partial charge on any atom is -0.351 e. The lowest BCUT2D eigenvalue weighted by Crippen LogP contribution is -2.20. The summed E-state index contributed by atoms with van der Waals surface area (Å²) >= 11 is 0. The molecule has 0 bridgehead atoms. The summed E-state index contributed by atoms with van der Waals surface area (Å²) in [4.78, 5) is 21.2. The number of H-pyrrole nitrogens is 1. The van der Waals surface area contributed by atoms with Gasteiger partial charge >= 0.3 is 0 Å². The number of aromatic amines is 1. The van der Waals surface area contributed by atoms with Gasteiger partial charge in [0.1, 0.15) is 0 Å². The van der Waals surface area contributed by atoms with Crippen LogP contribution in [0.1, 0.15) is 28.8 Å². The van der Waals surface area contributed by atoms with Gasteiger partial charge in [-0.05, 0) is 31.7 Å². The van der Waals surface area contributed by atoms with Crippen molar-refractivity contribution in [1.29, 1.82) is 0 Å². The molecule has 0 spiro atoms. The number of nitrogens with zero attached hydrogens (tertiary/aromatic N) is 3. The zero-order valence-electron chi connectivity index (χ0n) is 12.4. The monoisotopic (exact) mass is 295 g/mol. The van der Waals surface area contributed by atoms with Crippen molar-refractivity contribution >= 4 is 11.7 Å². The van der Waals surface area contributed by atoms with E-state index in [1.807, 2.05) is 0 Å². The van der Waals surface area contributed by atoms with E-state index in [0.717, 1.165) is 36.1 Å². The first-order chi connectivity index (χ1) is 10.7. The maximum absolute atomic E-state index is 12.4. The quantitative estimate of drug-likeness (QED) is 0.773. The number of nitrogens with one attached hydrogen (secondary N) is 2. The molecule has 0 atom stereocenters. The van der Waals surface area contributed by atoms with Crippen molar-refractivity contribution in [3.05, 3.63) is 57.0 Å². The molecule has 0 amide bonds. The molecule has 0 fully saturated rings. The molecule has 6 heteroatoms. The summed E-state index contributed by atoms with van der Waals surface area (Å²) in [6.07, 6.45) is 2.69. The van der Waals surface area contributed by atoms with Crippen LogP contribution in [0.25, 0.3) is 5.78 Å². The van der Waals surface area contributed by atoms with Crippen LogP contribution in [-0.2, 0) is 19.4 Å². The van der Waals surface area contributed by atoms with Crippen molar-refractivity contribution < 1.29 is 0 Å². The van der Waals surface area contributed by atoms with E-state index in [4.69, 9.17) is 0 Å². The van der Waals surface area contributed by atoms with Crippen molar-refractivity contribution in [2.75, 3.05) is 5.32 Å². The van der Waals surface area contributed by atoms with Gasteiger partial charge in [-0.15, -0.1) is 0 Å². The van der Waals surface area contributed by atoms with Crippen molar-refractivity contribution in [2.24, 2.45) is 0 Å². The van der Waals surface area contributed by atoms with Crippen LogP contribution in [0.3, 0.4) is 0 Å². The molecule has 4 rings (SSSR count). The Hall–Kier alpha value is -2.63. The highest BCUT2D eigenvalue weighted by atomic mass is 16.1. The van der Waals surface area contributed by atoms with E-state index < -0.39 is 0 Å². The normalized spacial score (nSPS) is 13.5. The number of rotatable bonds is 3. The lowest BCUT2D eigenvalue weighted by Gasteiger charge is -2.02. The summed E-state index contributed by atoms with van der Waals surface area (Å²) in [6.45, 7) is 2.71. The fourth-order valence-electron chi connectivity index (χ4n) is 2.86. The largest absolute Gasteiger partial charge is 0.351 e. The third-order valence-corrected chi connectivity index (χ3v) is 4.09. The number of anilines is 1. The third-order valence-electron chi connectivity index (χ3n) is 4.09. The third kappa shape index (κ3) is 2.16. The first kappa shape index (κ1) is 13.1. The van der Waals surface area contributed by atoms with Gasteiger partial charge in [-0.3, -0.25) is 9.89 Å². The molecule has 1 aliphatic rings. The molecule has 0 radical (unpaired) electrons. The van der Waals surface area contributed by atoms with Gasteiger partial charge in [-0.25, -0.2) is 4.98 Å². The Balaban J connectivity index is 1.62. The fourth-order valence-corrected chi connectivity index (χ4v) is 2.86. The SMILES string of the molecule is Cc1ccc(CNc2nc3nc4c(c(=O)n3[nH]2)CCC4)cc1. The average Bonchev–Trinajstić information content (AvgIpc) is 3.14. The van der Waals surface area contributed by atoms with E-state index in [2.05, 4.69) is 51.6 Å². The summed E-state index contributed by atoms with van der Waals surface area (Å²) < 4.78 is 1.43. The summed E-state index contributed by atoms with van der Waals surface area (Å²) in [7, 11) is 0. The summed E-state index contributed by atoms with van der Waals surface area (Å²) in [5.41, 5.74) is 4.10. The first-order valence-corrected chi connectivity index (χ1v) is 7.50. The summed E-state index contributed by atoms with van der Waals surface area (Å²) in [5.74, 6) is 1.01. The van der Waals surface area contributed by atoms with Gasteiger partial charge < -0.3 is 5.32 Å². The van der Waals surface area contributed by atoms with Crippen LogP contribution in [0, 0.1) is 6.92 Å². The van der Waals surface area contributed by atoms with E-state index >= 15 is 0 Å². The number of aryl methyl sites for hydroxylation is 2. The number of aromatic nitrogens is 4. The highest BCUT2D eigenvalue weighted by Crippen LogP contribution is 2.17. The van der Waals surface area contributed by atoms with Crippen LogP contribution >= 0.6 is 0 Å². The molecule has 0 saturated carbocycles. The van der Waals surface area contributed by atoms with E-state index in [1.165, 1.54) is 10.1 Å². The van der Waals surface area contributed by atoms with Gasteiger partial charge in [0.2, 0.25) is 5.95 Å². The Morgan fingerprint density at radius 1 is 1.23 bits per heavy atom. The van der Waals surface area contributed by atoms with Crippen molar-refractivity contribution in [3.63, 3.8) is 0 Å². The predicted octanol–water partition coefficient (Wildman–Crippen LogP) is 1.83. The van der Waals surface area contributed by atoms with Crippen molar-refractivity contribution in [2.45, 2.75) is 32.7 Å². The second-order valence-corrected chi connectivity index (χ2v) is 5.74. The Morgan fingerprint density at radius 3 is 2.86 bits per heavy atom. The van der Waals surface area contributed by atoms with Gasteiger partial charge in [0.15, 0.2) is 0 Å². The molecule has 1 aromatic carbocycles. The fraction of sp³-hybridized carbons (Fsp3) is 0.312. The Kier molecular flexibility index (Phi) is 2.96. The molecule has 3 aromatic rings. The van der Waals surface area contributed by atoms with E-state index in [0.29, 0.717) is 18.3 Å². The molecule has 22 heavy (non-hydrogen) atoms. The van der Waals surface area contributed by atoms with Crippen molar-refractivity contribution in [1.82, 2.24) is 19.6 Å². The topological polar surface area (TPSA) is 75.1 Å². The minimum absolute atomic E-state index is 0.0200. The number of hydrogen-bond acceptors (Lipinski definition) is 4. The summed E-state index contributed by atoms with van der Waals surface area (Å²) in [5, 5.41) is 6.20. The van der Waals surface area contributed by atoms with Crippen molar-refractivity contribution in [3.8, 4) is 0 Å². The molecule has 6 nitrogen and oxygen atoms in total. The van der Waals surface area contributed by atoms with Gasteiger partial charge in [0.05, 0.1) is 5.69 Å². The second-order valence-electron chi connectivity index (χ2n) is 5.74. The zero-order valence-corrected chi connectivity index (χ0v) is 12.4. The molecule has 2 heterocycles. The molecule has 0 unspecified atom stereocenters. The van der Waals surface area contributed by atoms with Crippen LogP contribution in [0.2, 0.25) is 0 Å². The highest BCUT2D eigenvalue weighted by Gasteiger charge is 2.19. The van der Waals surface area contributed by atoms with Crippen LogP contribution in [0.4, 0.5) is 5.95 Å². The molecule has 2 N–H and O–H groups in total. The van der Waals surface area contributed by atoms with Gasteiger partial charge in [0, 0.05) is 12.1 Å². The number of hydrogen-bond donors (Lipinski definition) is 2. The predicted molar refractivity (Wildman–Crippen MR) is 84.1 cm³/mol. The van der Waals surface area contributed by atoms with Gasteiger partial charge in [0.25, 0.3) is 11.3 Å². The van der Waals surface area contributed by atoms with Crippen LogP contribution in [-0.4, -0.2) is 19.6 Å². The molecular formula is C16H17N5O.